The first-order valence-corrected chi connectivity index (χ1v) is 8.83. The molecule has 0 saturated carbocycles. The lowest BCUT2D eigenvalue weighted by atomic mass is 10.2. The van der Waals surface area contributed by atoms with Crippen molar-refractivity contribution in [3.8, 4) is 0 Å². The maximum Gasteiger partial charge on any atom is 0.134 e. The van der Waals surface area contributed by atoms with Gasteiger partial charge in [-0.25, -0.2) is 9.97 Å². The first kappa shape index (κ1) is 15.1. The van der Waals surface area contributed by atoms with E-state index in [1.165, 1.54) is 11.5 Å². The summed E-state index contributed by atoms with van der Waals surface area (Å²) in [6.45, 7) is 6.11. The molecule has 0 aliphatic carbocycles. The molecule has 118 valence electrons. The summed E-state index contributed by atoms with van der Waals surface area (Å²) in [5, 5.41) is 7.65. The Balaban J connectivity index is 1.53. The maximum absolute atomic E-state index is 4.40. The van der Waals surface area contributed by atoms with Gasteiger partial charge < -0.3 is 10.2 Å². The fourth-order valence-corrected chi connectivity index (χ4v) is 3.38. The van der Waals surface area contributed by atoms with Crippen LogP contribution in [0.3, 0.4) is 0 Å². The summed E-state index contributed by atoms with van der Waals surface area (Å²) in [6.07, 6.45) is 5.46. The molecule has 1 N–H and O–H groups in total. The Morgan fingerprint density at radius 3 is 2.95 bits per heavy atom. The molecule has 7 heteroatoms. The zero-order chi connectivity index (χ0) is 15.2. The molecule has 6 nitrogen and oxygen atoms in total. The van der Waals surface area contributed by atoms with Gasteiger partial charge in [0.2, 0.25) is 0 Å². The lowest BCUT2D eigenvalue weighted by Crippen LogP contribution is -2.33. The van der Waals surface area contributed by atoms with E-state index in [4.69, 9.17) is 0 Å². The maximum atomic E-state index is 4.40. The summed E-state index contributed by atoms with van der Waals surface area (Å²) in [4.78, 5) is 11.1. The smallest absolute Gasteiger partial charge is 0.134 e. The third-order valence-electron chi connectivity index (χ3n) is 3.68. The van der Waals surface area contributed by atoms with Gasteiger partial charge in [-0.1, -0.05) is 6.92 Å². The molecule has 2 aromatic rings. The SMILES string of the molecule is CC(CNc1cc(N2CCSCC2)ncn1)Cn1cccn1. The van der Waals surface area contributed by atoms with Crippen LogP contribution in [0.2, 0.25) is 0 Å². The number of hydrogen-bond donors (Lipinski definition) is 1. The molecule has 3 rings (SSSR count). The van der Waals surface area contributed by atoms with Crippen molar-refractivity contribution < 1.29 is 0 Å². The second-order valence-corrected chi connectivity index (χ2v) is 6.80. The minimum atomic E-state index is 0.477. The Morgan fingerprint density at radius 1 is 1.32 bits per heavy atom. The Bertz CT molecular complexity index is 567. The summed E-state index contributed by atoms with van der Waals surface area (Å²) in [6, 6.07) is 4.00. The third-order valence-corrected chi connectivity index (χ3v) is 4.62. The number of rotatable bonds is 6. The van der Waals surface area contributed by atoms with Crippen molar-refractivity contribution in [3.63, 3.8) is 0 Å². The highest BCUT2D eigenvalue weighted by molar-refractivity contribution is 7.99. The van der Waals surface area contributed by atoms with Crippen LogP contribution in [0.15, 0.2) is 30.9 Å². The minimum absolute atomic E-state index is 0.477. The second kappa shape index (κ2) is 7.49. The molecule has 2 aromatic heterocycles. The molecule has 1 aliphatic heterocycles. The normalized spacial score (nSPS) is 16.5. The number of thioether (sulfide) groups is 1. The van der Waals surface area contributed by atoms with Crippen LogP contribution in [0.1, 0.15) is 6.92 Å². The first-order chi connectivity index (χ1) is 10.8. The predicted octanol–water partition coefficient (Wildman–Crippen LogP) is 1.97. The number of nitrogens with zero attached hydrogens (tertiary/aromatic N) is 5. The molecule has 22 heavy (non-hydrogen) atoms. The van der Waals surface area contributed by atoms with Crippen LogP contribution < -0.4 is 10.2 Å². The molecule has 1 aliphatic rings. The summed E-state index contributed by atoms with van der Waals surface area (Å²) in [7, 11) is 0. The summed E-state index contributed by atoms with van der Waals surface area (Å²) >= 11 is 2.00. The minimum Gasteiger partial charge on any atom is -0.370 e. The van der Waals surface area contributed by atoms with Crippen LogP contribution in [0, 0.1) is 5.92 Å². The molecule has 1 unspecified atom stereocenters. The van der Waals surface area contributed by atoms with Crippen LogP contribution in [-0.2, 0) is 6.54 Å². The number of nitrogens with one attached hydrogen (secondary N) is 1. The zero-order valence-corrected chi connectivity index (χ0v) is 13.7. The summed E-state index contributed by atoms with van der Waals surface area (Å²) in [5.74, 6) is 4.75. The van der Waals surface area contributed by atoms with Crippen LogP contribution in [0.25, 0.3) is 0 Å². The molecule has 0 spiro atoms. The van der Waals surface area contributed by atoms with E-state index >= 15 is 0 Å². The van der Waals surface area contributed by atoms with Gasteiger partial charge in [0.15, 0.2) is 0 Å². The van der Waals surface area contributed by atoms with E-state index in [1.807, 2.05) is 34.9 Å². The highest BCUT2D eigenvalue weighted by Crippen LogP contribution is 2.19. The highest BCUT2D eigenvalue weighted by Gasteiger charge is 2.13. The average molecular weight is 318 g/mol. The lowest BCUT2D eigenvalue weighted by Gasteiger charge is -2.27. The molecule has 0 radical (unpaired) electrons. The van der Waals surface area contributed by atoms with Crippen molar-refractivity contribution in [2.45, 2.75) is 13.5 Å². The Hall–Kier alpha value is -1.76. The van der Waals surface area contributed by atoms with E-state index in [0.29, 0.717) is 5.92 Å². The van der Waals surface area contributed by atoms with Crippen molar-refractivity contribution in [1.82, 2.24) is 19.7 Å². The monoisotopic (exact) mass is 318 g/mol. The molecule has 0 amide bonds. The zero-order valence-electron chi connectivity index (χ0n) is 12.9. The van der Waals surface area contributed by atoms with Crippen LogP contribution in [0.4, 0.5) is 11.6 Å². The Morgan fingerprint density at radius 2 is 2.18 bits per heavy atom. The van der Waals surface area contributed by atoms with E-state index in [0.717, 1.165) is 37.8 Å². The van der Waals surface area contributed by atoms with E-state index in [9.17, 15) is 0 Å². The van der Waals surface area contributed by atoms with Crippen molar-refractivity contribution in [1.29, 1.82) is 0 Å². The Kier molecular flexibility index (Phi) is 5.15. The van der Waals surface area contributed by atoms with Crippen LogP contribution >= 0.6 is 11.8 Å². The number of anilines is 2. The van der Waals surface area contributed by atoms with Gasteiger partial charge in [0, 0.05) is 56.1 Å². The van der Waals surface area contributed by atoms with Crippen molar-refractivity contribution in [2.75, 3.05) is 41.4 Å². The first-order valence-electron chi connectivity index (χ1n) is 7.67. The van der Waals surface area contributed by atoms with E-state index in [2.05, 4.69) is 38.3 Å². The molecule has 1 fully saturated rings. The van der Waals surface area contributed by atoms with E-state index in [1.54, 1.807) is 6.33 Å². The summed E-state index contributed by atoms with van der Waals surface area (Å²) < 4.78 is 1.96. The largest absolute Gasteiger partial charge is 0.370 e. The van der Waals surface area contributed by atoms with Gasteiger partial charge in [-0.05, 0) is 12.0 Å². The van der Waals surface area contributed by atoms with Crippen LogP contribution in [-0.4, -0.2) is 50.9 Å². The van der Waals surface area contributed by atoms with Gasteiger partial charge in [0.1, 0.15) is 18.0 Å². The molecule has 3 heterocycles. The van der Waals surface area contributed by atoms with Gasteiger partial charge in [0.25, 0.3) is 0 Å². The standard InChI is InChI=1S/C15H22N6S/c1-13(11-21-4-2-3-19-21)10-16-14-9-15(18-12-17-14)20-5-7-22-8-6-20/h2-4,9,12-13H,5-8,10-11H2,1H3,(H,16,17,18). The molecular formula is C15H22N6S. The lowest BCUT2D eigenvalue weighted by molar-refractivity contribution is 0.467. The average Bonchev–Trinajstić information content (AvgIpc) is 3.07. The quantitative estimate of drug-likeness (QED) is 0.879. The van der Waals surface area contributed by atoms with E-state index < -0.39 is 0 Å². The van der Waals surface area contributed by atoms with Crippen molar-refractivity contribution >= 4 is 23.4 Å². The molecule has 0 aromatic carbocycles. The Labute approximate surface area is 135 Å². The van der Waals surface area contributed by atoms with Gasteiger partial charge >= 0.3 is 0 Å². The topological polar surface area (TPSA) is 58.9 Å². The highest BCUT2D eigenvalue weighted by atomic mass is 32.2. The second-order valence-electron chi connectivity index (χ2n) is 5.58. The summed E-state index contributed by atoms with van der Waals surface area (Å²) in [5.41, 5.74) is 0. The molecule has 1 atom stereocenters. The van der Waals surface area contributed by atoms with Crippen molar-refractivity contribution in [2.24, 2.45) is 5.92 Å². The van der Waals surface area contributed by atoms with Crippen LogP contribution in [0.5, 0.6) is 0 Å². The number of hydrogen-bond acceptors (Lipinski definition) is 6. The number of aromatic nitrogens is 4. The van der Waals surface area contributed by atoms with Gasteiger partial charge in [-0.2, -0.15) is 16.9 Å². The third kappa shape index (κ3) is 4.13. The van der Waals surface area contributed by atoms with Gasteiger partial charge in [0.05, 0.1) is 0 Å². The fourth-order valence-electron chi connectivity index (χ4n) is 2.48. The van der Waals surface area contributed by atoms with Crippen molar-refractivity contribution in [3.05, 3.63) is 30.9 Å². The predicted molar refractivity (Wildman–Crippen MR) is 91.5 cm³/mol. The van der Waals surface area contributed by atoms with Gasteiger partial charge in [-0.15, -0.1) is 0 Å². The van der Waals surface area contributed by atoms with E-state index in [-0.39, 0.29) is 0 Å². The fraction of sp³-hybridized carbons (Fsp3) is 0.533. The molecule has 0 bridgehead atoms. The molecule has 1 saturated heterocycles. The molecular weight excluding hydrogens is 296 g/mol. The van der Waals surface area contributed by atoms with Gasteiger partial charge in [-0.3, -0.25) is 4.68 Å².